The first-order valence-corrected chi connectivity index (χ1v) is 15.1. The van der Waals surface area contributed by atoms with Gasteiger partial charge in [0.15, 0.2) is 5.69 Å². The summed E-state index contributed by atoms with van der Waals surface area (Å²) in [7, 11) is 3.70. The van der Waals surface area contributed by atoms with Crippen molar-refractivity contribution in [3.8, 4) is 0 Å². The third-order valence-electron chi connectivity index (χ3n) is 7.23. The average molecular weight is 690 g/mol. The number of alkyl halides is 3. The van der Waals surface area contributed by atoms with Gasteiger partial charge >= 0.3 is 6.18 Å². The lowest BCUT2D eigenvalue weighted by atomic mass is 10.1. The summed E-state index contributed by atoms with van der Waals surface area (Å²) in [6, 6.07) is 4.22. The Morgan fingerprint density at radius 2 is 1.83 bits per heavy atom. The zero-order valence-electron chi connectivity index (χ0n) is 26.5. The quantitative estimate of drug-likeness (QED) is 0.113. The van der Waals surface area contributed by atoms with Gasteiger partial charge in [-0.15, -0.1) is 0 Å². The molecule has 0 radical (unpaired) electrons. The van der Waals surface area contributed by atoms with E-state index >= 15 is 0 Å². The van der Waals surface area contributed by atoms with Gasteiger partial charge in [-0.25, -0.2) is 15.0 Å². The smallest absolute Gasteiger partial charge is 0.362 e. The van der Waals surface area contributed by atoms with Crippen molar-refractivity contribution in [2.75, 3.05) is 58.8 Å². The monoisotopic (exact) mass is 689 g/mol. The molecular weight excluding hydrogens is 655 g/mol. The SMILES string of the molecule is C=NN(CC(=O)Nc1ccc(C(F)(F)F)cc1Cl)C(=O)/C(=C(/CC)N/C=N/CN(C)C)N1CCN(C(=O)c2nccc3[nH]cnc23)CC1. The first-order chi connectivity index (χ1) is 22.8. The van der Waals surface area contributed by atoms with Gasteiger partial charge < -0.3 is 25.4 Å². The average Bonchev–Trinajstić information content (AvgIpc) is 3.54. The molecule has 1 aliphatic heterocycles. The summed E-state index contributed by atoms with van der Waals surface area (Å²) in [6.45, 7) is 6.06. The molecule has 2 aromatic heterocycles. The number of rotatable bonds is 12. The van der Waals surface area contributed by atoms with Gasteiger partial charge in [0.25, 0.3) is 11.8 Å². The van der Waals surface area contributed by atoms with E-state index in [1.165, 1.54) is 18.9 Å². The van der Waals surface area contributed by atoms with Crippen molar-refractivity contribution in [1.82, 2.24) is 40.0 Å². The number of nitrogens with zero attached hydrogens (tertiary/aromatic N) is 8. The Morgan fingerprint density at radius 3 is 2.46 bits per heavy atom. The van der Waals surface area contributed by atoms with Crippen molar-refractivity contribution in [1.29, 1.82) is 0 Å². The lowest BCUT2D eigenvalue weighted by Crippen LogP contribution is -2.51. The molecule has 0 spiro atoms. The largest absolute Gasteiger partial charge is 0.416 e. The molecule has 3 aromatic rings. The minimum Gasteiger partial charge on any atom is -0.362 e. The van der Waals surface area contributed by atoms with Crippen LogP contribution in [0.4, 0.5) is 18.9 Å². The number of H-pyrrole nitrogens is 1. The van der Waals surface area contributed by atoms with E-state index in [2.05, 4.69) is 42.4 Å². The maximum absolute atomic E-state index is 14.0. The van der Waals surface area contributed by atoms with Crippen LogP contribution in [0.5, 0.6) is 0 Å². The number of anilines is 1. The number of hydrogen-bond donors (Lipinski definition) is 3. The number of aromatic amines is 1. The summed E-state index contributed by atoms with van der Waals surface area (Å²) in [4.78, 5) is 61.4. The number of fused-ring (bicyclic) bond motifs is 1. The highest BCUT2D eigenvalue weighted by atomic mass is 35.5. The van der Waals surface area contributed by atoms with Gasteiger partial charge in [0.1, 0.15) is 17.8 Å². The maximum atomic E-state index is 14.0. The number of halogens is 4. The molecule has 14 nitrogen and oxygen atoms in total. The highest BCUT2D eigenvalue weighted by Crippen LogP contribution is 2.33. The fourth-order valence-electron chi connectivity index (χ4n) is 4.85. The van der Waals surface area contributed by atoms with Crippen LogP contribution in [-0.4, -0.2) is 119 Å². The number of hydrazone groups is 1. The van der Waals surface area contributed by atoms with Gasteiger partial charge in [-0.2, -0.15) is 18.3 Å². The number of pyridine rings is 1. The summed E-state index contributed by atoms with van der Waals surface area (Å²) < 4.78 is 39.1. The minimum atomic E-state index is -4.61. The van der Waals surface area contributed by atoms with Gasteiger partial charge in [0.2, 0.25) is 5.91 Å². The molecule has 4 rings (SSSR count). The van der Waals surface area contributed by atoms with Crippen molar-refractivity contribution in [3.63, 3.8) is 0 Å². The van der Waals surface area contributed by atoms with Crippen LogP contribution in [0.3, 0.4) is 0 Å². The van der Waals surface area contributed by atoms with Crippen LogP contribution in [0.2, 0.25) is 5.02 Å². The topological polar surface area (TPSA) is 155 Å². The molecule has 3 heterocycles. The lowest BCUT2D eigenvalue weighted by molar-refractivity contribution is -0.137. The van der Waals surface area contributed by atoms with Crippen LogP contribution in [0, 0.1) is 0 Å². The van der Waals surface area contributed by atoms with Crippen LogP contribution >= 0.6 is 11.6 Å². The van der Waals surface area contributed by atoms with Crippen LogP contribution < -0.4 is 10.6 Å². The zero-order valence-corrected chi connectivity index (χ0v) is 27.3. The molecule has 1 fully saturated rings. The summed E-state index contributed by atoms with van der Waals surface area (Å²) in [5.74, 6) is -1.75. The van der Waals surface area contributed by atoms with E-state index in [9.17, 15) is 27.6 Å². The molecule has 18 heteroatoms. The minimum absolute atomic E-state index is 0.0734. The van der Waals surface area contributed by atoms with Gasteiger partial charge in [0, 0.05) is 44.8 Å². The highest BCUT2D eigenvalue weighted by Gasteiger charge is 2.33. The molecule has 256 valence electrons. The molecule has 1 saturated heterocycles. The number of imidazole rings is 1. The number of nitrogens with one attached hydrogen (secondary N) is 3. The summed E-state index contributed by atoms with van der Waals surface area (Å²) in [6.07, 6.45) is 0.225. The first kappa shape index (κ1) is 35.8. The van der Waals surface area contributed by atoms with Crippen molar-refractivity contribution in [2.45, 2.75) is 19.5 Å². The number of aromatic nitrogens is 3. The number of carbonyl (C=O) groups excluding carboxylic acids is 3. The van der Waals surface area contributed by atoms with Crippen molar-refractivity contribution >= 4 is 59.1 Å². The molecule has 1 aromatic carbocycles. The van der Waals surface area contributed by atoms with Gasteiger partial charge in [-0.05, 0) is 44.8 Å². The molecule has 0 atom stereocenters. The third-order valence-corrected chi connectivity index (χ3v) is 7.54. The number of piperazine rings is 1. The highest BCUT2D eigenvalue weighted by molar-refractivity contribution is 6.33. The molecular formula is C30H35ClF3N11O3. The number of aliphatic imine (C=N–C) groups is 1. The molecule has 3 amide bonds. The number of amides is 3. The Labute approximate surface area is 279 Å². The van der Waals surface area contributed by atoms with Crippen LogP contribution in [-0.2, 0) is 15.8 Å². The van der Waals surface area contributed by atoms with Crippen molar-refractivity contribution < 1.29 is 27.6 Å². The molecule has 0 aliphatic carbocycles. The second kappa shape index (κ2) is 15.7. The van der Waals surface area contributed by atoms with E-state index < -0.39 is 30.1 Å². The number of hydrogen-bond acceptors (Lipinski definition) is 9. The molecule has 3 N–H and O–H groups in total. The van der Waals surface area contributed by atoms with Crippen LogP contribution in [0.1, 0.15) is 29.4 Å². The van der Waals surface area contributed by atoms with E-state index in [0.717, 1.165) is 17.1 Å². The van der Waals surface area contributed by atoms with E-state index in [4.69, 9.17) is 11.6 Å². The second-order valence-corrected chi connectivity index (χ2v) is 11.2. The summed E-state index contributed by atoms with van der Waals surface area (Å²) >= 11 is 6.00. The number of benzene rings is 1. The Balaban J connectivity index is 1.54. The molecule has 0 unspecified atom stereocenters. The Hall–Kier alpha value is -5.03. The predicted molar refractivity (Wildman–Crippen MR) is 175 cm³/mol. The normalized spacial score (nSPS) is 14.3. The lowest BCUT2D eigenvalue weighted by Gasteiger charge is -2.38. The van der Waals surface area contributed by atoms with Crippen LogP contribution in [0.15, 0.2) is 58.3 Å². The van der Waals surface area contributed by atoms with E-state index in [1.54, 1.807) is 15.9 Å². The second-order valence-electron chi connectivity index (χ2n) is 10.8. The molecule has 0 saturated carbocycles. The Kier molecular flexibility index (Phi) is 11.7. The van der Waals surface area contributed by atoms with E-state index in [1.807, 2.05) is 25.9 Å². The number of allylic oxidation sites excluding steroid dienone is 1. The van der Waals surface area contributed by atoms with Crippen LogP contribution in [0.25, 0.3) is 11.0 Å². The van der Waals surface area contributed by atoms with Crippen molar-refractivity contribution in [2.24, 2.45) is 10.1 Å². The summed E-state index contributed by atoms with van der Waals surface area (Å²) in [5, 5.41) is 9.78. The van der Waals surface area contributed by atoms with Gasteiger partial charge in [0.05, 0.1) is 41.1 Å². The van der Waals surface area contributed by atoms with E-state index in [0.29, 0.717) is 35.9 Å². The maximum Gasteiger partial charge on any atom is 0.416 e. The predicted octanol–water partition coefficient (Wildman–Crippen LogP) is 3.23. The molecule has 1 aliphatic rings. The zero-order chi connectivity index (χ0) is 35.0. The molecule has 48 heavy (non-hydrogen) atoms. The third kappa shape index (κ3) is 8.65. The van der Waals surface area contributed by atoms with Gasteiger partial charge in [-0.3, -0.25) is 24.3 Å². The fraction of sp³-hybridized carbons (Fsp3) is 0.367. The standard InChI is InChI=1S/C30H35ClF3N11O3/c1-5-21(38-16-36-18-42(3)4)27(43-10-12-44(13-11-43)28(47)26-25-23(8-9-37-26)39-17-40-25)29(48)45(35-2)15-24(46)41-22-7-6-19(14-20(22)31)30(32,33)34/h6-9,14,16-17H,2,5,10-13,15,18H2,1,3-4H3,(H,36,38)(H,39,40)(H,41,46)/b27-21+. The van der Waals surface area contributed by atoms with Crippen molar-refractivity contribution in [3.05, 3.63) is 64.5 Å². The number of carbonyl (C=O) groups is 3. The fourth-order valence-corrected chi connectivity index (χ4v) is 5.08. The first-order valence-electron chi connectivity index (χ1n) is 14.7. The Morgan fingerprint density at radius 1 is 1.12 bits per heavy atom. The molecule has 0 bridgehead atoms. The van der Waals surface area contributed by atoms with Gasteiger partial charge in [-0.1, -0.05) is 18.5 Å². The Bertz CT molecular complexity index is 1720. The summed E-state index contributed by atoms with van der Waals surface area (Å²) in [5.41, 5.74) is 0.956. The van der Waals surface area contributed by atoms with E-state index in [-0.39, 0.29) is 54.2 Å².